The van der Waals surface area contributed by atoms with Gasteiger partial charge in [0.15, 0.2) is 0 Å². The van der Waals surface area contributed by atoms with Crippen LogP contribution < -0.4 is 5.32 Å². The van der Waals surface area contributed by atoms with E-state index in [2.05, 4.69) is 5.32 Å². The lowest BCUT2D eigenvalue weighted by atomic mass is 10.0. The number of anilines is 1. The number of nitrogens with zero attached hydrogens (tertiary/aromatic N) is 2. The van der Waals surface area contributed by atoms with Crippen LogP contribution in [0.1, 0.15) is 31.1 Å². The van der Waals surface area contributed by atoms with E-state index in [0.717, 1.165) is 16.0 Å². The maximum absolute atomic E-state index is 12.6. The SMILES string of the molecule is N#CCN1C(=O)c2ccc(NC(=O)c3ccc(-c4ccc(O)cc4)cc3)cc2C1=O. The summed E-state index contributed by atoms with van der Waals surface area (Å²) >= 11 is 0. The van der Waals surface area contributed by atoms with Gasteiger partial charge in [-0.15, -0.1) is 0 Å². The van der Waals surface area contributed by atoms with Crippen molar-refractivity contribution >= 4 is 23.4 Å². The van der Waals surface area contributed by atoms with Gasteiger partial charge in [0.25, 0.3) is 17.7 Å². The van der Waals surface area contributed by atoms with Gasteiger partial charge in [-0.25, -0.2) is 0 Å². The number of fused-ring (bicyclic) bond motifs is 1. The zero-order valence-electron chi connectivity index (χ0n) is 15.6. The second-order valence-electron chi connectivity index (χ2n) is 6.69. The first kappa shape index (κ1) is 18.9. The van der Waals surface area contributed by atoms with Gasteiger partial charge in [0.1, 0.15) is 12.3 Å². The molecule has 7 heteroatoms. The fraction of sp³-hybridized carbons (Fsp3) is 0.0435. The molecule has 7 nitrogen and oxygen atoms in total. The van der Waals surface area contributed by atoms with Crippen LogP contribution in [0.5, 0.6) is 5.75 Å². The third-order valence-electron chi connectivity index (χ3n) is 4.81. The lowest BCUT2D eigenvalue weighted by molar-refractivity contribution is 0.0673. The van der Waals surface area contributed by atoms with Gasteiger partial charge in [-0.2, -0.15) is 5.26 Å². The summed E-state index contributed by atoms with van der Waals surface area (Å²) in [6, 6.07) is 19.9. The van der Waals surface area contributed by atoms with E-state index in [4.69, 9.17) is 5.26 Å². The first-order valence-corrected chi connectivity index (χ1v) is 9.06. The molecule has 146 valence electrons. The van der Waals surface area contributed by atoms with E-state index in [0.29, 0.717) is 11.3 Å². The number of benzene rings is 3. The monoisotopic (exact) mass is 397 g/mol. The minimum absolute atomic E-state index is 0.163. The number of phenolic OH excluding ortho intramolecular Hbond substituents is 1. The second-order valence-corrected chi connectivity index (χ2v) is 6.69. The van der Waals surface area contributed by atoms with Gasteiger partial charge in [-0.3, -0.25) is 19.3 Å². The highest BCUT2D eigenvalue weighted by Crippen LogP contribution is 2.26. The van der Waals surface area contributed by atoms with E-state index < -0.39 is 11.8 Å². The number of aromatic hydroxyl groups is 1. The molecule has 0 bridgehead atoms. The average molecular weight is 397 g/mol. The molecule has 3 amide bonds. The van der Waals surface area contributed by atoms with Crippen molar-refractivity contribution in [3.8, 4) is 22.9 Å². The Morgan fingerprint density at radius 1 is 0.900 bits per heavy atom. The molecule has 0 aliphatic carbocycles. The standard InChI is InChI=1S/C23H15N3O4/c24-11-12-26-22(29)19-10-7-17(13-20(19)23(26)30)25-21(28)16-3-1-14(2-4-16)15-5-8-18(27)9-6-15/h1-10,13,27H,12H2,(H,25,28). The van der Waals surface area contributed by atoms with Crippen LogP contribution in [0.4, 0.5) is 5.69 Å². The number of carbonyl (C=O) groups excluding carboxylic acids is 3. The van der Waals surface area contributed by atoms with E-state index >= 15 is 0 Å². The number of hydrogen-bond acceptors (Lipinski definition) is 5. The minimum Gasteiger partial charge on any atom is -0.508 e. The smallest absolute Gasteiger partial charge is 0.262 e. The van der Waals surface area contributed by atoms with Crippen molar-refractivity contribution in [2.24, 2.45) is 0 Å². The van der Waals surface area contributed by atoms with Gasteiger partial charge in [-0.05, 0) is 53.6 Å². The van der Waals surface area contributed by atoms with Crippen molar-refractivity contribution in [3.63, 3.8) is 0 Å². The molecular formula is C23H15N3O4. The van der Waals surface area contributed by atoms with Crippen molar-refractivity contribution in [1.82, 2.24) is 4.90 Å². The fourth-order valence-corrected chi connectivity index (χ4v) is 3.25. The Morgan fingerprint density at radius 2 is 1.50 bits per heavy atom. The number of hydrogen-bond donors (Lipinski definition) is 2. The van der Waals surface area contributed by atoms with Crippen LogP contribution >= 0.6 is 0 Å². The lowest BCUT2D eigenvalue weighted by Gasteiger charge is -2.08. The molecule has 30 heavy (non-hydrogen) atoms. The quantitative estimate of drug-likeness (QED) is 0.518. The summed E-state index contributed by atoms with van der Waals surface area (Å²) in [4.78, 5) is 37.9. The summed E-state index contributed by atoms with van der Waals surface area (Å²) in [6.45, 7) is -0.318. The van der Waals surface area contributed by atoms with Crippen molar-refractivity contribution in [3.05, 3.63) is 83.4 Å². The molecule has 0 saturated heterocycles. The molecule has 2 N–H and O–H groups in total. The summed E-state index contributed by atoms with van der Waals surface area (Å²) in [5.41, 5.74) is 2.98. The fourth-order valence-electron chi connectivity index (χ4n) is 3.25. The summed E-state index contributed by atoms with van der Waals surface area (Å²) in [6.07, 6.45) is 0. The highest BCUT2D eigenvalue weighted by atomic mass is 16.3. The number of rotatable bonds is 4. The van der Waals surface area contributed by atoms with Crippen molar-refractivity contribution in [2.75, 3.05) is 11.9 Å². The highest BCUT2D eigenvalue weighted by Gasteiger charge is 2.35. The van der Waals surface area contributed by atoms with Crippen LogP contribution in [-0.4, -0.2) is 34.3 Å². The second kappa shape index (κ2) is 7.53. The zero-order chi connectivity index (χ0) is 21.3. The van der Waals surface area contributed by atoms with E-state index in [1.807, 2.05) is 0 Å². The maximum atomic E-state index is 12.6. The predicted octanol–water partition coefficient (Wildman–Crippen LogP) is 3.43. The van der Waals surface area contributed by atoms with Gasteiger partial charge >= 0.3 is 0 Å². The molecule has 3 aromatic carbocycles. The Morgan fingerprint density at radius 3 is 2.13 bits per heavy atom. The zero-order valence-corrected chi connectivity index (χ0v) is 15.6. The highest BCUT2D eigenvalue weighted by molar-refractivity contribution is 6.22. The molecule has 1 aliphatic rings. The first-order chi connectivity index (χ1) is 14.5. The molecule has 0 atom stereocenters. The topological polar surface area (TPSA) is 110 Å². The van der Waals surface area contributed by atoms with E-state index in [1.54, 1.807) is 60.7 Å². The van der Waals surface area contributed by atoms with Crippen LogP contribution in [0.3, 0.4) is 0 Å². The lowest BCUT2D eigenvalue weighted by Crippen LogP contribution is -2.29. The van der Waals surface area contributed by atoms with Gasteiger partial charge < -0.3 is 10.4 Å². The molecule has 0 saturated carbocycles. The third kappa shape index (κ3) is 3.38. The van der Waals surface area contributed by atoms with E-state index in [1.165, 1.54) is 12.1 Å². The molecule has 0 unspecified atom stereocenters. The van der Waals surface area contributed by atoms with Gasteiger partial charge in [-0.1, -0.05) is 24.3 Å². The molecule has 0 fully saturated rings. The van der Waals surface area contributed by atoms with Crippen LogP contribution in [0.2, 0.25) is 0 Å². The van der Waals surface area contributed by atoms with Gasteiger partial charge in [0.2, 0.25) is 0 Å². The average Bonchev–Trinajstić information content (AvgIpc) is 2.99. The van der Waals surface area contributed by atoms with Gasteiger partial charge in [0.05, 0.1) is 17.2 Å². The summed E-state index contributed by atoms with van der Waals surface area (Å²) in [7, 11) is 0. The number of carbonyl (C=O) groups is 3. The first-order valence-electron chi connectivity index (χ1n) is 9.06. The molecule has 1 heterocycles. The van der Waals surface area contributed by atoms with Gasteiger partial charge in [0, 0.05) is 11.3 Å². The Kier molecular flexibility index (Phi) is 4.74. The van der Waals surface area contributed by atoms with Crippen molar-refractivity contribution in [1.29, 1.82) is 5.26 Å². The number of phenols is 1. The molecule has 0 spiro atoms. The van der Waals surface area contributed by atoms with Crippen LogP contribution in [-0.2, 0) is 0 Å². The largest absolute Gasteiger partial charge is 0.508 e. The third-order valence-corrected chi connectivity index (χ3v) is 4.81. The number of nitriles is 1. The Balaban J connectivity index is 1.51. The molecule has 0 aromatic heterocycles. The Bertz CT molecular complexity index is 1210. The number of imide groups is 1. The van der Waals surface area contributed by atoms with Crippen LogP contribution in [0, 0.1) is 11.3 Å². The Hall–Kier alpha value is -4.44. The van der Waals surface area contributed by atoms with E-state index in [-0.39, 0.29) is 29.3 Å². The number of nitrogens with one attached hydrogen (secondary N) is 1. The maximum Gasteiger partial charge on any atom is 0.262 e. The van der Waals surface area contributed by atoms with Crippen LogP contribution in [0.15, 0.2) is 66.7 Å². The molecular weight excluding hydrogens is 382 g/mol. The number of amides is 3. The summed E-state index contributed by atoms with van der Waals surface area (Å²) < 4.78 is 0. The van der Waals surface area contributed by atoms with Crippen molar-refractivity contribution in [2.45, 2.75) is 0 Å². The summed E-state index contributed by atoms with van der Waals surface area (Å²) in [5.74, 6) is -1.25. The molecule has 3 aromatic rings. The molecule has 1 aliphatic heterocycles. The minimum atomic E-state index is -0.550. The van der Waals surface area contributed by atoms with Crippen molar-refractivity contribution < 1.29 is 19.5 Å². The predicted molar refractivity (Wildman–Crippen MR) is 109 cm³/mol. The summed E-state index contributed by atoms with van der Waals surface area (Å²) in [5, 5.41) is 20.9. The van der Waals surface area contributed by atoms with E-state index in [9.17, 15) is 19.5 Å². The van der Waals surface area contributed by atoms with Crippen LogP contribution in [0.25, 0.3) is 11.1 Å². The normalized spacial score (nSPS) is 12.4. The Labute approximate surface area is 171 Å². The molecule has 0 radical (unpaired) electrons. The molecule has 4 rings (SSSR count).